The number of amides is 2. The summed E-state index contributed by atoms with van der Waals surface area (Å²) in [6, 6.07) is 8.79. The number of rotatable bonds is 6. The molecule has 0 fully saturated rings. The van der Waals surface area contributed by atoms with E-state index in [4.69, 9.17) is 16.9 Å². The van der Waals surface area contributed by atoms with Crippen LogP contribution in [-0.4, -0.2) is 51.6 Å². The quantitative estimate of drug-likeness (QED) is 0.631. The van der Waals surface area contributed by atoms with E-state index >= 15 is 0 Å². The van der Waals surface area contributed by atoms with Crippen molar-refractivity contribution in [3.63, 3.8) is 0 Å². The molecule has 0 aliphatic heterocycles. The SMILES string of the molecule is C[C@@H](Cn1ccc(-c2ccc(C#N)c(Cl)c2)n1)NC(=O)c1csc(C(=O)N(C)C)n1. The largest absolute Gasteiger partial charge is 0.346 e. The van der Waals surface area contributed by atoms with Gasteiger partial charge in [0, 0.05) is 37.3 Å². The summed E-state index contributed by atoms with van der Waals surface area (Å²) < 4.78 is 1.72. The lowest BCUT2D eigenvalue weighted by molar-refractivity contribution is 0.0827. The van der Waals surface area contributed by atoms with E-state index < -0.39 is 0 Å². The highest BCUT2D eigenvalue weighted by atomic mass is 35.5. The normalized spacial score (nSPS) is 11.6. The van der Waals surface area contributed by atoms with Crippen molar-refractivity contribution < 1.29 is 9.59 Å². The molecule has 0 saturated heterocycles. The van der Waals surface area contributed by atoms with E-state index in [-0.39, 0.29) is 28.6 Å². The Balaban J connectivity index is 1.62. The standard InChI is InChI=1S/C20H19ClN6O2S/c1-12(23-18(28)17-11-30-19(24-17)20(29)26(2)3)10-27-7-6-16(25-27)13-4-5-14(9-22)15(21)8-13/h4-8,11-12H,10H2,1-3H3,(H,23,28)/t12-/m0/s1. The fraction of sp³-hybridized carbons (Fsp3) is 0.250. The van der Waals surface area contributed by atoms with Gasteiger partial charge < -0.3 is 10.2 Å². The van der Waals surface area contributed by atoms with E-state index in [0.717, 1.165) is 16.9 Å². The lowest BCUT2D eigenvalue weighted by Gasteiger charge is -2.13. The third-order valence-electron chi connectivity index (χ3n) is 4.19. The predicted molar refractivity (Wildman–Crippen MR) is 114 cm³/mol. The Labute approximate surface area is 182 Å². The number of nitrogens with one attached hydrogen (secondary N) is 1. The molecule has 0 unspecified atom stereocenters. The molecular formula is C20H19ClN6O2S. The van der Waals surface area contributed by atoms with E-state index in [1.165, 1.54) is 4.90 Å². The number of thiazole rings is 1. The highest BCUT2D eigenvalue weighted by Crippen LogP contribution is 2.24. The van der Waals surface area contributed by atoms with Crippen LogP contribution in [-0.2, 0) is 6.54 Å². The van der Waals surface area contributed by atoms with Gasteiger partial charge in [0.1, 0.15) is 11.8 Å². The molecule has 10 heteroatoms. The minimum absolute atomic E-state index is 0.213. The Morgan fingerprint density at radius 3 is 2.80 bits per heavy atom. The molecule has 0 spiro atoms. The second-order valence-electron chi connectivity index (χ2n) is 6.84. The van der Waals surface area contributed by atoms with Crippen LogP contribution in [0.3, 0.4) is 0 Å². The molecule has 0 saturated carbocycles. The van der Waals surface area contributed by atoms with Crippen molar-refractivity contribution >= 4 is 34.8 Å². The van der Waals surface area contributed by atoms with Gasteiger partial charge in [0.05, 0.1) is 22.8 Å². The number of hydrogen-bond donors (Lipinski definition) is 1. The second-order valence-corrected chi connectivity index (χ2v) is 8.11. The number of benzene rings is 1. The second kappa shape index (κ2) is 9.07. The molecule has 3 rings (SSSR count). The minimum Gasteiger partial charge on any atom is -0.346 e. The summed E-state index contributed by atoms with van der Waals surface area (Å²) in [6.07, 6.45) is 1.81. The summed E-state index contributed by atoms with van der Waals surface area (Å²) in [5, 5.41) is 18.6. The zero-order chi connectivity index (χ0) is 21.8. The fourth-order valence-corrected chi connectivity index (χ4v) is 3.71. The molecule has 0 aliphatic carbocycles. The lowest BCUT2D eigenvalue weighted by Crippen LogP contribution is -2.36. The van der Waals surface area contributed by atoms with Crippen LogP contribution < -0.4 is 5.32 Å². The van der Waals surface area contributed by atoms with E-state index in [0.29, 0.717) is 22.8 Å². The highest BCUT2D eigenvalue weighted by Gasteiger charge is 2.18. The van der Waals surface area contributed by atoms with Gasteiger partial charge in [0.2, 0.25) is 0 Å². The molecule has 0 radical (unpaired) electrons. The Bertz CT molecular complexity index is 1130. The predicted octanol–water partition coefficient (Wildman–Crippen LogP) is 3.05. The topological polar surface area (TPSA) is 104 Å². The summed E-state index contributed by atoms with van der Waals surface area (Å²) in [7, 11) is 3.27. The summed E-state index contributed by atoms with van der Waals surface area (Å²) in [4.78, 5) is 29.9. The zero-order valence-electron chi connectivity index (χ0n) is 16.6. The maximum absolute atomic E-state index is 12.4. The van der Waals surface area contributed by atoms with Crippen LogP contribution in [0.15, 0.2) is 35.8 Å². The first-order valence-electron chi connectivity index (χ1n) is 9.00. The van der Waals surface area contributed by atoms with Crippen molar-refractivity contribution in [2.45, 2.75) is 19.5 Å². The molecule has 0 bridgehead atoms. The van der Waals surface area contributed by atoms with Crippen molar-refractivity contribution in [1.29, 1.82) is 5.26 Å². The van der Waals surface area contributed by atoms with Gasteiger partial charge in [-0.2, -0.15) is 10.4 Å². The maximum Gasteiger partial charge on any atom is 0.282 e. The van der Waals surface area contributed by atoms with Crippen molar-refractivity contribution in [2.75, 3.05) is 14.1 Å². The number of hydrogen-bond acceptors (Lipinski definition) is 6. The summed E-state index contributed by atoms with van der Waals surface area (Å²) in [5.74, 6) is -0.582. The van der Waals surface area contributed by atoms with Crippen LogP contribution in [0.2, 0.25) is 5.02 Å². The van der Waals surface area contributed by atoms with Crippen molar-refractivity contribution in [3.05, 3.63) is 57.1 Å². The van der Waals surface area contributed by atoms with Crippen molar-refractivity contribution in [3.8, 4) is 17.3 Å². The van der Waals surface area contributed by atoms with Crippen LogP contribution in [0.5, 0.6) is 0 Å². The molecule has 0 aliphatic rings. The Hall–Kier alpha value is -3.22. The number of halogens is 1. The molecule has 1 N–H and O–H groups in total. The van der Waals surface area contributed by atoms with E-state index in [1.807, 2.05) is 19.1 Å². The van der Waals surface area contributed by atoms with Crippen LogP contribution >= 0.6 is 22.9 Å². The van der Waals surface area contributed by atoms with E-state index in [1.54, 1.807) is 48.6 Å². The van der Waals surface area contributed by atoms with Crippen LogP contribution in [0, 0.1) is 11.3 Å². The average Bonchev–Trinajstić information content (AvgIpc) is 3.37. The van der Waals surface area contributed by atoms with E-state index in [2.05, 4.69) is 15.4 Å². The first kappa shape index (κ1) is 21.5. The molecule has 2 amide bonds. The molecule has 30 heavy (non-hydrogen) atoms. The van der Waals surface area contributed by atoms with Gasteiger partial charge in [0.15, 0.2) is 5.01 Å². The van der Waals surface area contributed by atoms with Gasteiger partial charge in [-0.25, -0.2) is 4.98 Å². The number of carbonyl (C=O) groups is 2. The van der Waals surface area contributed by atoms with Gasteiger partial charge in [-0.1, -0.05) is 17.7 Å². The third kappa shape index (κ3) is 4.84. The van der Waals surface area contributed by atoms with Crippen molar-refractivity contribution in [1.82, 2.24) is 25.0 Å². The maximum atomic E-state index is 12.4. The van der Waals surface area contributed by atoms with Gasteiger partial charge in [-0.3, -0.25) is 14.3 Å². The minimum atomic E-state index is -0.345. The first-order valence-corrected chi connectivity index (χ1v) is 10.3. The molecule has 1 aromatic carbocycles. The zero-order valence-corrected chi connectivity index (χ0v) is 18.2. The number of nitrogens with zero attached hydrogens (tertiary/aromatic N) is 5. The van der Waals surface area contributed by atoms with Crippen LogP contribution in [0.1, 0.15) is 32.8 Å². The summed E-state index contributed by atoms with van der Waals surface area (Å²) in [5.41, 5.74) is 2.14. The molecule has 3 aromatic rings. The van der Waals surface area contributed by atoms with Crippen LogP contribution in [0.4, 0.5) is 0 Å². The molecule has 2 aromatic heterocycles. The number of carbonyl (C=O) groups excluding carboxylic acids is 2. The molecule has 154 valence electrons. The Kier molecular flexibility index (Phi) is 6.50. The lowest BCUT2D eigenvalue weighted by atomic mass is 10.1. The van der Waals surface area contributed by atoms with Crippen molar-refractivity contribution in [2.24, 2.45) is 0 Å². The third-order valence-corrected chi connectivity index (χ3v) is 5.33. The summed E-state index contributed by atoms with van der Waals surface area (Å²) in [6.45, 7) is 2.31. The van der Waals surface area contributed by atoms with Gasteiger partial charge in [-0.15, -0.1) is 11.3 Å². The van der Waals surface area contributed by atoms with Gasteiger partial charge in [-0.05, 0) is 25.1 Å². The highest BCUT2D eigenvalue weighted by molar-refractivity contribution is 7.11. The smallest absolute Gasteiger partial charge is 0.282 e. The molecule has 2 heterocycles. The summed E-state index contributed by atoms with van der Waals surface area (Å²) >= 11 is 7.23. The molecular weight excluding hydrogens is 424 g/mol. The monoisotopic (exact) mass is 442 g/mol. The fourth-order valence-electron chi connectivity index (χ4n) is 2.67. The number of nitriles is 1. The Morgan fingerprint density at radius 2 is 2.13 bits per heavy atom. The number of aromatic nitrogens is 3. The van der Waals surface area contributed by atoms with Gasteiger partial charge in [0.25, 0.3) is 11.8 Å². The molecule has 8 nitrogen and oxygen atoms in total. The van der Waals surface area contributed by atoms with E-state index in [9.17, 15) is 9.59 Å². The average molecular weight is 443 g/mol. The molecule has 1 atom stereocenters. The first-order chi connectivity index (χ1) is 14.3. The Morgan fingerprint density at radius 1 is 1.37 bits per heavy atom. The van der Waals surface area contributed by atoms with Crippen LogP contribution in [0.25, 0.3) is 11.3 Å². The van der Waals surface area contributed by atoms with Gasteiger partial charge >= 0.3 is 0 Å².